The third kappa shape index (κ3) is 6.38. The number of amides is 1. The molecular weight excluding hydrogens is 319 g/mol. The highest BCUT2D eigenvalue weighted by atomic mass is 32.2. The Labute approximate surface area is 130 Å². The maximum Gasteiger partial charge on any atom is 0.405 e. The zero-order valence-corrected chi connectivity index (χ0v) is 12.9. The van der Waals surface area contributed by atoms with Crippen LogP contribution in [0.2, 0.25) is 0 Å². The second kappa shape index (κ2) is 8.07. The predicted octanol–water partition coefficient (Wildman–Crippen LogP) is 2.77. The number of alkyl halides is 3. The molecule has 1 N–H and O–H groups in total. The summed E-state index contributed by atoms with van der Waals surface area (Å²) in [6.45, 7) is 0.212. The van der Waals surface area contributed by atoms with Gasteiger partial charge in [-0.3, -0.25) is 4.79 Å². The molecule has 0 heterocycles. The number of carbonyl (C=O) groups excluding carboxylic acids is 2. The molecule has 1 atom stereocenters. The molecular formula is C14H16F3NO3S. The number of methoxy groups -OCH3 is 1. The van der Waals surface area contributed by atoms with Gasteiger partial charge in [0.25, 0.3) is 0 Å². The summed E-state index contributed by atoms with van der Waals surface area (Å²) >= 11 is 1.21. The molecule has 0 saturated carbocycles. The molecule has 0 aliphatic rings. The van der Waals surface area contributed by atoms with Crippen molar-refractivity contribution in [2.24, 2.45) is 0 Å². The lowest BCUT2D eigenvalue weighted by Gasteiger charge is -2.13. The molecule has 8 heteroatoms. The van der Waals surface area contributed by atoms with E-state index in [1.165, 1.54) is 18.9 Å². The molecule has 1 amide bonds. The van der Waals surface area contributed by atoms with Crippen molar-refractivity contribution in [3.8, 4) is 0 Å². The number of hydrogen-bond acceptors (Lipinski definition) is 4. The van der Waals surface area contributed by atoms with Crippen molar-refractivity contribution in [1.82, 2.24) is 5.32 Å². The highest BCUT2D eigenvalue weighted by Gasteiger charge is 2.28. The van der Waals surface area contributed by atoms with E-state index in [-0.39, 0.29) is 0 Å². The van der Waals surface area contributed by atoms with E-state index in [9.17, 15) is 22.8 Å². The van der Waals surface area contributed by atoms with Gasteiger partial charge in [0.1, 0.15) is 6.54 Å². The monoisotopic (exact) mass is 335 g/mol. The van der Waals surface area contributed by atoms with E-state index in [0.717, 1.165) is 5.56 Å². The van der Waals surface area contributed by atoms with Crippen LogP contribution in [0, 0.1) is 0 Å². The summed E-state index contributed by atoms with van der Waals surface area (Å²) in [6, 6.07) is 6.60. The van der Waals surface area contributed by atoms with Gasteiger partial charge in [0.2, 0.25) is 5.91 Å². The van der Waals surface area contributed by atoms with Gasteiger partial charge in [-0.2, -0.15) is 13.2 Å². The lowest BCUT2D eigenvalue weighted by molar-refractivity contribution is -0.137. The Morgan fingerprint density at radius 2 is 1.86 bits per heavy atom. The Bertz CT molecular complexity index is 517. The number of rotatable bonds is 6. The average Bonchev–Trinajstić information content (AvgIpc) is 2.49. The van der Waals surface area contributed by atoms with Gasteiger partial charge >= 0.3 is 12.1 Å². The van der Waals surface area contributed by atoms with Gasteiger partial charge in [-0.25, -0.2) is 4.79 Å². The van der Waals surface area contributed by atoms with E-state index in [2.05, 4.69) is 4.74 Å². The summed E-state index contributed by atoms with van der Waals surface area (Å²) < 4.78 is 40.6. The van der Waals surface area contributed by atoms with Crippen LogP contribution in [0.1, 0.15) is 22.8 Å². The fourth-order valence-electron chi connectivity index (χ4n) is 1.48. The molecule has 1 aromatic rings. The SMILES string of the molecule is COC(=O)c1ccc(CSC(C)C(=O)NCC(F)(F)F)cc1. The highest BCUT2D eigenvalue weighted by molar-refractivity contribution is 7.99. The minimum absolute atomic E-state index is 0.409. The van der Waals surface area contributed by atoms with Crippen molar-refractivity contribution < 1.29 is 27.5 Å². The first-order valence-corrected chi connectivity index (χ1v) is 7.41. The summed E-state index contributed by atoms with van der Waals surface area (Å²) in [5.41, 5.74) is 1.26. The Balaban J connectivity index is 2.45. The molecule has 0 saturated heterocycles. The van der Waals surface area contributed by atoms with Crippen molar-refractivity contribution in [2.45, 2.75) is 24.1 Å². The number of thioether (sulfide) groups is 1. The van der Waals surface area contributed by atoms with E-state index in [1.54, 1.807) is 31.2 Å². The van der Waals surface area contributed by atoms with Gasteiger partial charge in [0, 0.05) is 5.75 Å². The summed E-state index contributed by atoms with van der Waals surface area (Å²) in [4.78, 5) is 22.8. The Hall–Kier alpha value is -1.70. The van der Waals surface area contributed by atoms with Crippen LogP contribution < -0.4 is 5.32 Å². The van der Waals surface area contributed by atoms with Gasteiger partial charge in [0.15, 0.2) is 0 Å². The zero-order chi connectivity index (χ0) is 16.8. The molecule has 0 radical (unpaired) electrons. The van der Waals surface area contributed by atoms with E-state index in [4.69, 9.17) is 0 Å². The van der Waals surface area contributed by atoms with Gasteiger partial charge in [-0.05, 0) is 24.6 Å². The molecule has 1 rings (SSSR count). The third-order valence-electron chi connectivity index (χ3n) is 2.71. The topological polar surface area (TPSA) is 55.4 Å². The molecule has 1 aromatic carbocycles. The second-order valence-electron chi connectivity index (χ2n) is 4.47. The molecule has 22 heavy (non-hydrogen) atoms. The highest BCUT2D eigenvalue weighted by Crippen LogP contribution is 2.19. The minimum Gasteiger partial charge on any atom is -0.465 e. The van der Waals surface area contributed by atoms with Gasteiger partial charge in [-0.1, -0.05) is 12.1 Å². The minimum atomic E-state index is -4.41. The third-order valence-corrected chi connectivity index (χ3v) is 3.92. The zero-order valence-electron chi connectivity index (χ0n) is 12.1. The standard InChI is InChI=1S/C14H16F3NO3S/c1-9(12(19)18-8-14(15,16)17)22-7-10-3-5-11(6-4-10)13(20)21-2/h3-6,9H,7-8H2,1-2H3,(H,18,19). The lowest BCUT2D eigenvalue weighted by atomic mass is 10.1. The normalized spacial score (nSPS) is 12.6. The van der Waals surface area contributed by atoms with Crippen molar-refractivity contribution in [3.63, 3.8) is 0 Å². The predicted molar refractivity (Wildman–Crippen MR) is 77.6 cm³/mol. The van der Waals surface area contributed by atoms with Crippen LogP contribution in [0.4, 0.5) is 13.2 Å². The molecule has 0 aliphatic carbocycles. The molecule has 0 spiro atoms. The van der Waals surface area contributed by atoms with Crippen LogP contribution in [0.15, 0.2) is 24.3 Å². The molecule has 0 fully saturated rings. The number of halogens is 3. The molecule has 0 bridgehead atoms. The molecule has 1 unspecified atom stereocenters. The number of ether oxygens (including phenoxy) is 1. The number of esters is 1. The largest absolute Gasteiger partial charge is 0.465 e. The van der Waals surface area contributed by atoms with Crippen LogP contribution >= 0.6 is 11.8 Å². The summed E-state index contributed by atoms with van der Waals surface area (Å²) in [7, 11) is 1.29. The maximum atomic E-state index is 12.0. The van der Waals surface area contributed by atoms with Gasteiger partial charge in [0.05, 0.1) is 17.9 Å². The van der Waals surface area contributed by atoms with Crippen LogP contribution in [0.25, 0.3) is 0 Å². The summed E-state index contributed by atoms with van der Waals surface area (Å²) in [6.07, 6.45) is -4.41. The van der Waals surface area contributed by atoms with Crippen LogP contribution in [0.3, 0.4) is 0 Å². The number of hydrogen-bond donors (Lipinski definition) is 1. The fourth-order valence-corrected chi connectivity index (χ4v) is 2.35. The van der Waals surface area contributed by atoms with Crippen molar-refractivity contribution in [3.05, 3.63) is 35.4 Å². The van der Waals surface area contributed by atoms with E-state index >= 15 is 0 Å². The lowest BCUT2D eigenvalue weighted by Crippen LogP contribution is -2.38. The van der Waals surface area contributed by atoms with Crippen LogP contribution in [0.5, 0.6) is 0 Å². The van der Waals surface area contributed by atoms with Crippen molar-refractivity contribution in [1.29, 1.82) is 0 Å². The molecule has 0 aliphatic heterocycles. The number of carbonyl (C=O) groups is 2. The first-order valence-electron chi connectivity index (χ1n) is 6.36. The van der Waals surface area contributed by atoms with E-state index in [0.29, 0.717) is 11.3 Å². The smallest absolute Gasteiger partial charge is 0.405 e. The molecule has 4 nitrogen and oxygen atoms in total. The van der Waals surface area contributed by atoms with Gasteiger partial charge in [-0.15, -0.1) is 11.8 Å². The quantitative estimate of drug-likeness (QED) is 0.812. The fraction of sp³-hybridized carbons (Fsp3) is 0.429. The second-order valence-corrected chi connectivity index (χ2v) is 5.80. The van der Waals surface area contributed by atoms with Crippen molar-refractivity contribution in [2.75, 3.05) is 13.7 Å². The van der Waals surface area contributed by atoms with Crippen molar-refractivity contribution >= 4 is 23.6 Å². The summed E-state index contributed by atoms with van der Waals surface area (Å²) in [5.74, 6) is -0.658. The number of nitrogens with one attached hydrogen (secondary N) is 1. The first kappa shape index (κ1) is 18.3. The van der Waals surface area contributed by atoms with E-state index < -0.39 is 29.8 Å². The maximum absolute atomic E-state index is 12.0. The Morgan fingerprint density at radius 1 is 1.27 bits per heavy atom. The summed E-state index contributed by atoms with van der Waals surface area (Å²) in [5, 5.41) is 1.24. The molecule has 0 aromatic heterocycles. The Kier molecular flexibility index (Phi) is 6.73. The van der Waals surface area contributed by atoms with Crippen LogP contribution in [-0.2, 0) is 15.3 Å². The van der Waals surface area contributed by atoms with E-state index in [1.807, 2.05) is 5.32 Å². The molecule has 122 valence electrons. The van der Waals surface area contributed by atoms with Gasteiger partial charge < -0.3 is 10.1 Å². The first-order chi connectivity index (χ1) is 10.2. The van der Waals surface area contributed by atoms with Crippen LogP contribution in [-0.4, -0.2) is 37.0 Å². The average molecular weight is 335 g/mol. The number of benzene rings is 1. The Morgan fingerprint density at radius 3 is 2.36 bits per heavy atom.